The number of benzene rings is 2. The van der Waals surface area contributed by atoms with E-state index in [2.05, 4.69) is 5.32 Å². The summed E-state index contributed by atoms with van der Waals surface area (Å²) < 4.78 is 27.4. The largest absolute Gasteiger partial charge is 0.356 e. The molecular weight excluding hydrogens is 488 g/mol. The van der Waals surface area contributed by atoms with Gasteiger partial charge in [-0.25, -0.2) is 4.39 Å². The molecular formula is C25H27FN3O6P. The Kier molecular flexibility index (Phi) is 7.40. The average molecular weight is 515 g/mol. The van der Waals surface area contributed by atoms with Gasteiger partial charge in [-0.05, 0) is 37.1 Å². The van der Waals surface area contributed by atoms with Gasteiger partial charge in [-0.1, -0.05) is 30.3 Å². The fraction of sp³-hybridized carbons (Fsp3) is 0.320. The molecule has 3 aromatic rings. The third-order valence-corrected chi connectivity index (χ3v) is 7.27. The van der Waals surface area contributed by atoms with E-state index >= 15 is 0 Å². The molecule has 11 heteroatoms. The number of alkyl halides is 1. The van der Waals surface area contributed by atoms with E-state index in [1.54, 1.807) is 0 Å². The topological polar surface area (TPSA) is 129 Å². The second-order valence-corrected chi connectivity index (χ2v) is 10.5. The molecule has 0 bridgehead atoms. The highest BCUT2D eigenvalue weighted by Crippen LogP contribution is 2.35. The molecule has 2 aromatic carbocycles. The number of nitrogens with zero attached hydrogens (tertiary/aromatic N) is 2. The number of hydrogen-bond donors (Lipinski definition) is 3. The van der Waals surface area contributed by atoms with Crippen LogP contribution in [-0.4, -0.2) is 62.2 Å². The maximum Gasteiger partial charge on any atom is 0.356 e. The van der Waals surface area contributed by atoms with E-state index in [9.17, 15) is 33.1 Å². The average Bonchev–Trinajstić information content (AvgIpc) is 3.40. The number of amides is 2. The van der Waals surface area contributed by atoms with Crippen LogP contribution in [0.25, 0.3) is 10.9 Å². The van der Waals surface area contributed by atoms with Crippen molar-refractivity contribution in [2.45, 2.75) is 38.5 Å². The molecule has 2 atom stereocenters. The number of carbonyl (C=O) groups is 3. The first-order valence-electron chi connectivity index (χ1n) is 11.5. The van der Waals surface area contributed by atoms with Gasteiger partial charge in [-0.2, -0.15) is 0 Å². The SMILES string of the molecule is CC(=O)c1cn(CC(=O)N2C[C@H](F)C[C@H]2C(=O)NCCc2ccccc2)c2ccc(P(=O)(O)O)cc12. The Balaban J connectivity index is 1.51. The molecule has 4 rings (SSSR count). The Morgan fingerprint density at radius 3 is 2.53 bits per heavy atom. The summed E-state index contributed by atoms with van der Waals surface area (Å²) in [4.78, 5) is 58.3. The van der Waals surface area contributed by atoms with Crippen LogP contribution in [0.3, 0.4) is 0 Å². The molecule has 1 fully saturated rings. The van der Waals surface area contributed by atoms with Crippen molar-refractivity contribution in [3.8, 4) is 0 Å². The minimum Gasteiger partial charge on any atom is -0.354 e. The van der Waals surface area contributed by atoms with Crippen LogP contribution in [0.5, 0.6) is 0 Å². The number of aromatic nitrogens is 1. The summed E-state index contributed by atoms with van der Waals surface area (Å²) in [6, 6.07) is 12.5. The van der Waals surface area contributed by atoms with E-state index in [-0.39, 0.29) is 36.2 Å². The molecule has 1 aliphatic rings. The number of likely N-dealkylation sites (tertiary alicyclic amines) is 1. The molecule has 2 amide bonds. The van der Waals surface area contributed by atoms with E-state index in [4.69, 9.17) is 0 Å². The summed E-state index contributed by atoms with van der Waals surface area (Å²) in [5.41, 5.74) is 1.67. The number of carbonyl (C=O) groups excluding carboxylic acids is 3. The van der Waals surface area contributed by atoms with Gasteiger partial charge in [0.05, 0.1) is 11.8 Å². The molecule has 1 aliphatic heterocycles. The van der Waals surface area contributed by atoms with Crippen LogP contribution in [0.1, 0.15) is 29.3 Å². The van der Waals surface area contributed by atoms with Crippen molar-refractivity contribution in [1.29, 1.82) is 0 Å². The van der Waals surface area contributed by atoms with Crippen LogP contribution in [0.4, 0.5) is 4.39 Å². The first kappa shape index (κ1) is 25.8. The fourth-order valence-electron chi connectivity index (χ4n) is 4.52. The van der Waals surface area contributed by atoms with E-state index < -0.39 is 31.6 Å². The lowest BCUT2D eigenvalue weighted by atomic mass is 10.1. The predicted molar refractivity (Wildman–Crippen MR) is 132 cm³/mol. The quantitative estimate of drug-likeness (QED) is 0.311. The highest BCUT2D eigenvalue weighted by Gasteiger charge is 2.39. The van der Waals surface area contributed by atoms with Crippen LogP contribution in [0.15, 0.2) is 54.7 Å². The second-order valence-electron chi connectivity index (χ2n) is 8.89. The van der Waals surface area contributed by atoms with Gasteiger partial charge in [-0.15, -0.1) is 0 Å². The summed E-state index contributed by atoms with van der Waals surface area (Å²) in [6.45, 7) is 1.19. The Morgan fingerprint density at radius 2 is 1.86 bits per heavy atom. The molecule has 0 radical (unpaired) electrons. The lowest BCUT2D eigenvalue weighted by Crippen LogP contribution is -2.47. The van der Waals surface area contributed by atoms with E-state index in [0.717, 1.165) is 5.56 Å². The van der Waals surface area contributed by atoms with Crippen molar-refractivity contribution < 1.29 is 33.1 Å². The molecule has 2 heterocycles. The van der Waals surface area contributed by atoms with Gasteiger partial charge in [0.15, 0.2) is 5.78 Å². The minimum absolute atomic E-state index is 0.0975. The standard InChI is InChI=1S/C25H27FN3O6P/c1-16(30)21-14-28(22-8-7-19(12-20(21)22)36(33,34)35)15-24(31)29-13-18(26)11-23(29)25(32)27-10-9-17-5-3-2-4-6-17/h2-8,12,14,18,23H,9-11,13,15H2,1H3,(H,27,32)(H2,33,34,35)/t18-,23+/m1/s1. The van der Waals surface area contributed by atoms with Crippen LogP contribution in [-0.2, 0) is 27.1 Å². The number of nitrogens with one attached hydrogen (secondary N) is 1. The zero-order chi connectivity index (χ0) is 26.0. The smallest absolute Gasteiger partial charge is 0.354 e. The molecule has 0 saturated carbocycles. The van der Waals surface area contributed by atoms with Crippen LogP contribution in [0, 0.1) is 0 Å². The van der Waals surface area contributed by atoms with Gasteiger partial charge < -0.3 is 24.6 Å². The Hall–Kier alpha value is -3.33. The molecule has 36 heavy (non-hydrogen) atoms. The van der Waals surface area contributed by atoms with Crippen LogP contribution < -0.4 is 10.6 Å². The van der Waals surface area contributed by atoms with Gasteiger partial charge in [0.1, 0.15) is 18.8 Å². The molecule has 9 nitrogen and oxygen atoms in total. The normalized spacial score (nSPS) is 17.9. The summed E-state index contributed by atoms with van der Waals surface area (Å²) in [5.74, 6) is -1.26. The Bertz CT molecular complexity index is 1350. The zero-order valence-corrected chi connectivity index (χ0v) is 20.5. The van der Waals surface area contributed by atoms with Crippen molar-refractivity contribution in [2.75, 3.05) is 13.1 Å². The van der Waals surface area contributed by atoms with Gasteiger partial charge >= 0.3 is 7.60 Å². The number of halogens is 1. The Labute approximate surface area is 207 Å². The Morgan fingerprint density at radius 1 is 1.14 bits per heavy atom. The minimum atomic E-state index is -4.55. The van der Waals surface area contributed by atoms with Gasteiger partial charge in [-0.3, -0.25) is 18.9 Å². The maximum atomic E-state index is 14.3. The lowest BCUT2D eigenvalue weighted by molar-refractivity contribution is -0.138. The highest BCUT2D eigenvalue weighted by molar-refractivity contribution is 7.60. The van der Waals surface area contributed by atoms with Crippen LogP contribution in [0.2, 0.25) is 0 Å². The van der Waals surface area contributed by atoms with Crippen molar-refractivity contribution >= 4 is 41.4 Å². The van der Waals surface area contributed by atoms with Crippen LogP contribution >= 0.6 is 7.60 Å². The monoisotopic (exact) mass is 515 g/mol. The number of hydrogen-bond acceptors (Lipinski definition) is 4. The molecule has 1 saturated heterocycles. The molecule has 3 N–H and O–H groups in total. The lowest BCUT2D eigenvalue weighted by Gasteiger charge is -2.24. The van der Waals surface area contributed by atoms with E-state index in [1.165, 1.54) is 40.8 Å². The van der Waals surface area contributed by atoms with Crippen molar-refractivity contribution in [3.05, 3.63) is 65.9 Å². The van der Waals surface area contributed by atoms with Gasteiger partial charge in [0.25, 0.3) is 0 Å². The molecule has 0 spiro atoms. The second kappa shape index (κ2) is 10.3. The highest BCUT2D eigenvalue weighted by atomic mass is 31.2. The molecule has 0 aliphatic carbocycles. The summed E-state index contributed by atoms with van der Waals surface area (Å²) in [7, 11) is -4.55. The fourth-order valence-corrected chi connectivity index (χ4v) is 5.08. The molecule has 1 aromatic heterocycles. The van der Waals surface area contributed by atoms with Crippen molar-refractivity contribution in [2.24, 2.45) is 0 Å². The third kappa shape index (κ3) is 5.56. The van der Waals surface area contributed by atoms with E-state index in [1.807, 2.05) is 30.3 Å². The van der Waals surface area contributed by atoms with Gasteiger partial charge in [0.2, 0.25) is 11.8 Å². The number of fused-ring (bicyclic) bond motifs is 1. The van der Waals surface area contributed by atoms with Crippen molar-refractivity contribution in [3.63, 3.8) is 0 Å². The van der Waals surface area contributed by atoms with E-state index in [0.29, 0.717) is 23.9 Å². The number of ketones is 1. The third-order valence-electron chi connectivity index (χ3n) is 6.31. The molecule has 190 valence electrons. The summed E-state index contributed by atoms with van der Waals surface area (Å²) in [5, 5.41) is 2.85. The maximum absolute atomic E-state index is 14.3. The number of Topliss-reactive ketones (excluding diaryl/α,β-unsaturated/α-hetero) is 1. The number of rotatable bonds is 8. The first-order chi connectivity index (χ1) is 17.0. The zero-order valence-electron chi connectivity index (χ0n) is 19.6. The molecule has 0 unspecified atom stereocenters. The predicted octanol–water partition coefficient (Wildman–Crippen LogP) is 1.94. The van der Waals surface area contributed by atoms with Gasteiger partial charge in [0, 0.05) is 35.6 Å². The van der Waals surface area contributed by atoms with Crippen molar-refractivity contribution in [1.82, 2.24) is 14.8 Å². The first-order valence-corrected chi connectivity index (χ1v) is 13.1. The summed E-state index contributed by atoms with van der Waals surface area (Å²) >= 11 is 0. The summed E-state index contributed by atoms with van der Waals surface area (Å²) in [6.07, 6.45) is 0.608.